The van der Waals surface area contributed by atoms with Gasteiger partial charge in [0.1, 0.15) is 5.82 Å². The lowest BCUT2D eigenvalue weighted by Gasteiger charge is -2.15. The van der Waals surface area contributed by atoms with E-state index in [1.54, 1.807) is 19.1 Å². The van der Waals surface area contributed by atoms with Gasteiger partial charge in [-0.1, -0.05) is 0 Å². The van der Waals surface area contributed by atoms with E-state index in [2.05, 4.69) is 10.3 Å². The molecular weight excluding hydrogens is 232 g/mol. The first-order valence-electron chi connectivity index (χ1n) is 6.11. The zero-order valence-corrected chi connectivity index (χ0v) is 10.4. The van der Waals surface area contributed by atoms with E-state index in [1.165, 1.54) is 0 Å². The minimum atomic E-state index is -0.944. The Morgan fingerprint density at radius 2 is 2.22 bits per heavy atom. The number of hydrogen-bond donors (Lipinski definition) is 3. The van der Waals surface area contributed by atoms with Crippen LogP contribution in [0, 0.1) is 12.3 Å². The number of aromatic nitrogens is 1. The highest BCUT2D eigenvalue weighted by molar-refractivity contribution is 5.88. The van der Waals surface area contributed by atoms with Crippen molar-refractivity contribution in [3.05, 3.63) is 23.4 Å². The molecule has 0 saturated heterocycles. The Hall–Kier alpha value is -1.62. The largest absolute Gasteiger partial charge is 0.478 e. The molecule has 5 heteroatoms. The normalized spacial score (nSPS) is 16.3. The maximum Gasteiger partial charge on any atom is 0.335 e. The van der Waals surface area contributed by atoms with E-state index in [-0.39, 0.29) is 17.6 Å². The second kappa shape index (κ2) is 4.94. The average molecular weight is 250 g/mol. The van der Waals surface area contributed by atoms with Gasteiger partial charge >= 0.3 is 5.97 Å². The number of carboxylic acids is 1. The second-order valence-corrected chi connectivity index (χ2v) is 5.01. The van der Waals surface area contributed by atoms with Crippen molar-refractivity contribution in [2.45, 2.75) is 26.2 Å². The number of nitrogens with zero attached hydrogens (tertiary/aromatic N) is 1. The van der Waals surface area contributed by atoms with E-state index in [0.29, 0.717) is 11.5 Å². The predicted molar refractivity (Wildman–Crippen MR) is 67.8 cm³/mol. The van der Waals surface area contributed by atoms with Crippen molar-refractivity contribution in [3.8, 4) is 0 Å². The molecule has 1 heterocycles. The van der Waals surface area contributed by atoms with E-state index in [9.17, 15) is 4.79 Å². The number of hydrogen-bond acceptors (Lipinski definition) is 4. The van der Waals surface area contributed by atoms with E-state index < -0.39 is 5.97 Å². The summed E-state index contributed by atoms with van der Waals surface area (Å²) in [5.41, 5.74) is 1.12. The van der Waals surface area contributed by atoms with Gasteiger partial charge in [-0.2, -0.15) is 0 Å². The summed E-state index contributed by atoms with van der Waals surface area (Å²) in [4.78, 5) is 15.2. The Bertz CT molecular complexity index is 456. The summed E-state index contributed by atoms with van der Waals surface area (Å²) in [5, 5.41) is 21.1. The molecule has 1 aliphatic carbocycles. The SMILES string of the molecule is Cc1cc(C(=O)O)cc(NCC2(CCO)CC2)n1. The molecule has 0 aliphatic heterocycles. The predicted octanol–water partition coefficient (Wildman–Crippen LogP) is 1.66. The molecule has 1 saturated carbocycles. The third-order valence-corrected chi connectivity index (χ3v) is 3.44. The lowest BCUT2D eigenvalue weighted by atomic mass is 10.0. The highest BCUT2D eigenvalue weighted by Crippen LogP contribution is 2.48. The summed E-state index contributed by atoms with van der Waals surface area (Å²) in [6, 6.07) is 3.10. The number of aromatic carboxylic acids is 1. The molecule has 1 aromatic rings. The number of rotatable bonds is 6. The van der Waals surface area contributed by atoms with Gasteiger partial charge < -0.3 is 15.5 Å². The molecule has 0 spiro atoms. The standard InChI is InChI=1S/C13H18N2O3/c1-9-6-10(12(17)18)7-11(15-9)14-8-13(2-3-13)4-5-16/h6-7,16H,2-5,8H2,1H3,(H,14,15)(H,17,18). The fraction of sp³-hybridized carbons (Fsp3) is 0.538. The minimum absolute atomic E-state index is 0.184. The number of carboxylic acid groups (broad SMARTS) is 1. The van der Waals surface area contributed by atoms with E-state index >= 15 is 0 Å². The Balaban J connectivity index is 2.03. The molecule has 1 aliphatic rings. The Labute approximate surface area is 106 Å². The van der Waals surface area contributed by atoms with Crippen molar-refractivity contribution in [1.29, 1.82) is 0 Å². The Morgan fingerprint density at radius 3 is 2.78 bits per heavy atom. The van der Waals surface area contributed by atoms with Crippen LogP contribution in [0.5, 0.6) is 0 Å². The zero-order chi connectivity index (χ0) is 13.2. The van der Waals surface area contributed by atoms with E-state index in [1.807, 2.05) is 0 Å². The van der Waals surface area contributed by atoms with Crippen LogP contribution in [0.1, 0.15) is 35.3 Å². The number of aliphatic hydroxyl groups is 1. The highest BCUT2D eigenvalue weighted by Gasteiger charge is 2.41. The first kappa shape index (κ1) is 12.8. The molecule has 3 N–H and O–H groups in total. The number of nitrogens with one attached hydrogen (secondary N) is 1. The van der Waals surface area contributed by atoms with Gasteiger partial charge in [0.15, 0.2) is 0 Å². The summed E-state index contributed by atoms with van der Waals surface area (Å²) < 4.78 is 0. The van der Waals surface area contributed by atoms with Crippen LogP contribution < -0.4 is 5.32 Å². The second-order valence-electron chi connectivity index (χ2n) is 5.01. The number of carbonyl (C=O) groups is 1. The van der Waals surface area contributed by atoms with Crippen molar-refractivity contribution < 1.29 is 15.0 Å². The zero-order valence-electron chi connectivity index (χ0n) is 10.4. The van der Waals surface area contributed by atoms with Gasteiger partial charge in [-0.3, -0.25) is 0 Å². The van der Waals surface area contributed by atoms with Crippen LogP contribution in [-0.2, 0) is 0 Å². The smallest absolute Gasteiger partial charge is 0.335 e. The highest BCUT2D eigenvalue weighted by atomic mass is 16.4. The topological polar surface area (TPSA) is 82.5 Å². The molecular formula is C13H18N2O3. The number of anilines is 1. The van der Waals surface area contributed by atoms with E-state index in [0.717, 1.165) is 25.8 Å². The van der Waals surface area contributed by atoms with E-state index in [4.69, 9.17) is 10.2 Å². The molecule has 1 aromatic heterocycles. The quantitative estimate of drug-likeness (QED) is 0.715. The van der Waals surface area contributed by atoms with Gasteiger partial charge in [-0.25, -0.2) is 9.78 Å². The third kappa shape index (κ3) is 2.98. The summed E-state index contributed by atoms with van der Waals surface area (Å²) in [5.74, 6) is -0.350. The van der Waals surface area contributed by atoms with Crippen LogP contribution in [-0.4, -0.2) is 34.3 Å². The van der Waals surface area contributed by atoms with Gasteiger partial charge in [-0.15, -0.1) is 0 Å². The maximum atomic E-state index is 10.9. The van der Waals surface area contributed by atoms with Crippen molar-refractivity contribution in [1.82, 2.24) is 4.98 Å². The fourth-order valence-electron chi connectivity index (χ4n) is 2.09. The summed E-state index contributed by atoms with van der Waals surface area (Å²) in [6.45, 7) is 2.71. The van der Waals surface area contributed by atoms with Crippen molar-refractivity contribution >= 4 is 11.8 Å². The molecule has 0 amide bonds. The third-order valence-electron chi connectivity index (χ3n) is 3.44. The van der Waals surface area contributed by atoms with Crippen LogP contribution in [0.25, 0.3) is 0 Å². The molecule has 98 valence electrons. The first-order valence-corrected chi connectivity index (χ1v) is 6.11. The average Bonchev–Trinajstić information content (AvgIpc) is 3.07. The van der Waals surface area contributed by atoms with Gasteiger partial charge in [-0.05, 0) is 43.7 Å². The first-order chi connectivity index (χ1) is 8.54. The molecule has 0 atom stereocenters. The van der Waals surface area contributed by atoms with Crippen LogP contribution in [0.15, 0.2) is 12.1 Å². The van der Waals surface area contributed by atoms with Crippen LogP contribution >= 0.6 is 0 Å². The molecule has 2 rings (SSSR count). The molecule has 0 unspecified atom stereocenters. The molecule has 0 aromatic carbocycles. The lowest BCUT2D eigenvalue weighted by molar-refractivity contribution is 0.0696. The molecule has 1 fully saturated rings. The number of aliphatic hydroxyl groups excluding tert-OH is 1. The fourth-order valence-corrected chi connectivity index (χ4v) is 2.09. The van der Waals surface area contributed by atoms with Crippen molar-refractivity contribution in [3.63, 3.8) is 0 Å². The van der Waals surface area contributed by atoms with Crippen LogP contribution in [0.2, 0.25) is 0 Å². The Morgan fingerprint density at radius 1 is 1.50 bits per heavy atom. The van der Waals surface area contributed by atoms with Crippen LogP contribution in [0.3, 0.4) is 0 Å². The molecule has 5 nitrogen and oxygen atoms in total. The molecule has 0 radical (unpaired) electrons. The monoisotopic (exact) mass is 250 g/mol. The van der Waals surface area contributed by atoms with Gasteiger partial charge in [0.25, 0.3) is 0 Å². The van der Waals surface area contributed by atoms with Crippen LogP contribution in [0.4, 0.5) is 5.82 Å². The van der Waals surface area contributed by atoms with Crippen molar-refractivity contribution in [2.75, 3.05) is 18.5 Å². The summed E-state index contributed by atoms with van der Waals surface area (Å²) in [6.07, 6.45) is 3.01. The lowest BCUT2D eigenvalue weighted by Crippen LogP contribution is -2.18. The number of pyridine rings is 1. The Kier molecular flexibility index (Phi) is 3.52. The summed E-state index contributed by atoms with van der Waals surface area (Å²) >= 11 is 0. The molecule has 18 heavy (non-hydrogen) atoms. The van der Waals surface area contributed by atoms with Gasteiger partial charge in [0.05, 0.1) is 5.56 Å². The molecule has 0 bridgehead atoms. The van der Waals surface area contributed by atoms with Gasteiger partial charge in [0.2, 0.25) is 0 Å². The maximum absolute atomic E-state index is 10.9. The van der Waals surface area contributed by atoms with Gasteiger partial charge in [0, 0.05) is 18.8 Å². The van der Waals surface area contributed by atoms with Crippen molar-refractivity contribution in [2.24, 2.45) is 5.41 Å². The minimum Gasteiger partial charge on any atom is -0.478 e. The number of aryl methyl sites for hydroxylation is 1. The summed E-state index contributed by atoms with van der Waals surface area (Å²) in [7, 11) is 0.